The van der Waals surface area contributed by atoms with Crippen molar-refractivity contribution in [2.24, 2.45) is 4.99 Å². The molecular weight excluding hydrogens is 361 g/mol. The van der Waals surface area contributed by atoms with Gasteiger partial charge in [-0.25, -0.2) is 0 Å². The Bertz CT molecular complexity index is 386. The molecule has 2 rings (SSSR count). The average molecular weight is 387 g/mol. The molecule has 2 N–H and O–H groups in total. The second kappa shape index (κ2) is 10.0. The molecule has 0 spiro atoms. The van der Waals surface area contributed by atoms with Crippen molar-refractivity contribution in [2.75, 3.05) is 13.6 Å². The van der Waals surface area contributed by atoms with E-state index in [4.69, 9.17) is 0 Å². The molecule has 0 unspecified atom stereocenters. The minimum absolute atomic E-state index is 0. The van der Waals surface area contributed by atoms with Crippen LogP contribution in [0.25, 0.3) is 0 Å². The van der Waals surface area contributed by atoms with E-state index in [2.05, 4.69) is 46.0 Å². The first kappa shape index (κ1) is 17.3. The van der Waals surface area contributed by atoms with E-state index in [-0.39, 0.29) is 24.0 Å². The molecule has 112 valence electrons. The lowest BCUT2D eigenvalue weighted by Crippen LogP contribution is -2.44. The molecule has 20 heavy (non-hydrogen) atoms. The summed E-state index contributed by atoms with van der Waals surface area (Å²) >= 11 is 0. The Morgan fingerprint density at radius 2 is 1.85 bits per heavy atom. The van der Waals surface area contributed by atoms with Gasteiger partial charge < -0.3 is 10.6 Å². The van der Waals surface area contributed by atoms with E-state index in [1.807, 2.05) is 7.05 Å². The zero-order chi connectivity index (χ0) is 13.3. The molecule has 0 atom stereocenters. The van der Waals surface area contributed by atoms with Crippen LogP contribution in [0, 0.1) is 0 Å². The Balaban J connectivity index is 0.00000200. The second-order valence-electron chi connectivity index (χ2n) is 5.21. The van der Waals surface area contributed by atoms with E-state index in [9.17, 15) is 0 Å². The largest absolute Gasteiger partial charge is 0.356 e. The van der Waals surface area contributed by atoms with Gasteiger partial charge in [0, 0.05) is 19.6 Å². The van der Waals surface area contributed by atoms with Crippen LogP contribution < -0.4 is 10.6 Å². The zero-order valence-corrected chi connectivity index (χ0v) is 14.6. The van der Waals surface area contributed by atoms with E-state index in [0.29, 0.717) is 6.04 Å². The molecule has 0 bridgehead atoms. The van der Waals surface area contributed by atoms with Crippen molar-refractivity contribution in [3.63, 3.8) is 0 Å². The standard InChI is InChI=1S/C16H25N3.HI/c1-17-16(19-15-10-6-3-7-11-15)18-13-12-14-8-4-2-5-9-14;/h2,4-5,8-9,15H,3,6-7,10-13H2,1H3,(H2,17,18,19);1H. The highest BCUT2D eigenvalue weighted by molar-refractivity contribution is 14.0. The first-order valence-corrected chi connectivity index (χ1v) is 7.39. The molecule has 1 fully saturated rings. The number of hydrogen-bond acceptors (Lipinski definition) is 1. The molecule has 0 radical (unpaired) electrons. The molecule has 0 saturated heterocycles. The fourth-order valence-electron chi connectivity index (χ4n) is 2.60. The molecular formula is C16H26IN3. The Hall–Kier alpha value is -0.780. The van der Waals surface area contributed by atoms with Crippen molar-refractivity contribution in [3.8, 4) is 0 Å². The van der Waals surface area contributed by atoms with Crippen molar-refractivity contribution in [3.05, 3.63) is 35.9 Å². The fraction of sp³-hybridized carbons (Fsp3) is 0.562. The monoisotopic (exact) mass is 387 g/mol. The van der Waals surface area contributed by atoms with Gasteiger partial charge in [-0.05, 0) is 24.8 Å². The summed E-state index contributed by atoms with van der Waals surface area (Å²) in [7, 11) is 1.85. The highest BCUT2D eigenvalue weighted by atomic mass is 127. The van der Waals surface area contributed by atoms with Crippen LogP contribution in [0.5, 0.6) is 0 Å². The summed E-state index contributed by atoms with van der Waals surface area (Å²) in [5.41, 5.74) is 1.36. The predicted octanol–water partition coefficient (Wildman–Crippen LogP) is 3.34. The van der Waals surface area contributed by atoms with Crippen molar-refractivity contribution in [1.82, 2.24) is 10.6 Å². The quantitative estimate of drug-likeness (QED) is 0.472. The van der Waals surface area contributed by atoms with E-state index in [1.54, 1.807) is 0 Å². The van der Waals surface area contributed by atoms with Crippen LogP contribution in [0.1, 0.15) is 37.7 Å². The van der Waals surface area contributed by atoms with Crippen LogP contribution in [0.15, 0.2) is 35.3 Å². The minimum atomic E-state index is 0. The lowest BCUT2D eigenvalue weighted by molar-refractivity contribution is 0.410. The maximum absolute atomic E-state index is 4.31. The lowest BCUT2D eigenvalue weighted by atomic mass is 9.96. The van der Waals surface area contributed by atoms with Gasteiger partial charge in [-0.1, -0.05) is 49.6 Å². The first-order chi connectivity index (χ1) is 9.38. The van der Waals surface area contributed by atoms with Gasteiger partial charge in [0.1, 0.15) is 0 Å². The third-order valence-corrected chi connectivity index (χ3v) is 3.72. The number of aliphatic imine (C=N–C) groups is 1. The van der Waals surface area contributed by atoms with Crippen LogP contribution >= 0.6 is 24.0 Å². The van der Waals surface area contributed by atoms with Gasteiger partial charge in [0.2, 0.25) is 0 Å². The Labute approximate surface area is 139 Å². The zero-order valence-electron chi connectivity index (χ0n) is 12.3. The Morgan fingerprint density at radius 1 is 1.15 bits per heavy atom. The number of benzene rings is 1. The minimum Gasteiger partial charge on any atom is -0.356 e. The third kappa shape index (κ3) is 6.11. The number of rotatable bonds is 4. The molecule has 4 heteroatoms. The highest BCUT2D eigenvalue weighted by Gasteiger charge is 2.13. The number of hydrogen-bond donors (Lipinski definition) is 2. The molecule has 1 saturated carbocycles. The third-order valence-electron chi connectivity index (χ3n) is 3.72. The average Bonchev–Trinajstić information content (AvgIpc) is 2.48. The molecule has 0 aliphatic heterocycles. The van der Waals surface area contributed by atoms with Gasteiger partial charge in [-0.2, -0.15) is 0 Å². The normalized spacial score (nSPS) is 16.4. The van der Waals surface area contributed by atoms with Gasteiger partial charge >= 0.3 is 0 Å². The summed E-state index contributed by atoms with van der Waals surface area (Å²) in [6.45, 7) is 0.927. The van der Waals surface area contributed by atoms with Gasteiger partial charge in [0.25, 0.3) is 0 Å². The second-order valence-corrected chi connectivity index (χ2v) is 5.21. The van der Waals surface area contributed by atoms with Gasteiger partial charge in [-0.3, -0.25) is 4.99 Å². The smallest absolute Gasteiger partial charge is 0.191 e. The topological polar surface area (TPSA) is 36.4 Å². The van der Waals surface area contributed by atoms with Crippen molar-refractivity contribution >= 4 is 29.9 Å². The van der Waals surface area contributed by atoms with Gasteiger partial charge in [0.15, 0.2) is 5.96 Å². The summed E-state index contributed by atoms with van der Waals surface area (Å²) in [6, 6.07) is 11.2. The van der Waals surface area contributed by atoms with Crippen LogP contribution in [-0.4, -0.2) is 25.6 Å². The molecule has 3 nitrogen and oxygen atoms in total. The SMILES string of the molecule is CN=C(NCCc1ccccc1)NC1CCCCC1.I. The number of nitrogens with one attached hydrogen (secondary N) is 2. The van der Waals surface area contributed by atoms with Crippen LogP contribution in [0.4, 0.5) is 0 Å². The summed E-state index contributed by atoms with van der Waals surface area (Å²) < 4.78 is 0. The van der Waals surface area contributed by atoms with Crippen molar-refractivity contribution in [2.45, 2.75) is 44.6 Å². The Kier molecular flexibility index (Phi) is 8.65. The van der Waals surface area contributed by atoms with E-state index >= 15 is 0 Å². The van der Waals surface area contributed by atoms with Crippen molar-refractivity contribution in [1.29, 1.82) is 0 Å². The molecule has 1 aliphatic carbocycles. The summed E-state index contributed by atoms with van der Waals surface area (Å²) in [6.07, 6.45) is 7.67. The predicted molar refractivity (Wildman–Crippen MR) is 96.9 cm³/mol. The number of guanidine groups is 1. The molecule has 0 aromatic heterocycles. The molecule has 1 aromatic rings. The number of nitrogens with zero attached hydrogens (tertiary/aromatic N) is 1. The summed E-state index contributed by atoms with van der Waals surface area (Å²) in [4.78, 5) is 4.31. The Morgan fingerprint density at radius 3 is 2.50 bits per heavy atom. The maximum atomic E-state index is 4.31. The van der Waals surface area contributed by atoms with E-state index in [0.717, 1.165) is 18.9 Å². The highest BCUT2D eigenvalue weighted by Crippen LogP contribution is 2.17. The molecule has 1 aromatic carbocycles. The lowest BCUT2D eigenvalue weighted by Gasteiger charge is -2.24. The van der Waals surface area contributed by atoms with Gasteiger partial charge in [-0.15, -0.1) is 24.0 Å². The maximum Gasteiger partial charge on any atom is 0.191 e. The van der Waals surface area contributed by atoms with E-state index < -0.39 is 0 Å². The van der Waals surface area contributed by atoms with Crippen LogP contribution in [0.2, 0.25) is 0 Å². The molecule has 1 aliphatic rings. The summed E-state index contributed by atoms with van der Waals surface area (Å²) in [5, 5.41) is 6.93. The van der Waals surface area contributed by atoms with Crippen LogP contribution in [0.3, 0.4) is 0 Å². The summed E-state index contributed by atoms with van der Waals surface area (Å²) in [5.74, 6) is 0.947. The fourth-order valence-corrected chi connectivity index (χ4v) is 2.60. The number of halogens is 1. The van der Waals surface area contributed by atoms with Crippen molar-refractivity contribution < 1.29 is 0 Å². The molecule has 0 amide bonds. The van der Waals surface area contributed by atoms with E-state index in [1.165, 1.54) is 37.7 Å². The first-order valence-electron chi connectivity index (χ1n) is 7.39. The van der Waals surface area contributed by atoms with Crippen LogP contribution in [-0.2, 0) is 6.42 Å². The molecule has 0 heterocycles. The van der Waals surface area contributed by atoms with Gasteiger partial charge in [0.05, 0.1) is 0 Å².